The maximum atomic E-state index is 12.6. The van der Waals surface area contributed by atoms with Crippen LogP contribution in [-0.4, -0.2) is 11.6 Å². The van der Waals surface area contributed by atoms with E-state index >= 15 is 0 Å². The molecule has 0 N–H and O–H groups in total. The predicted molar refractivity (Wildman–Crippen MR) is 66.0 cm³/mol. The zero-order chi connectivity index (χ0) is 14.8. The van der Waals surface area contributed by atoms with Crippen molar-refractivity contribution in [1.82, 2.24) is 0 Å². The maximum Gasteiger partial charge on any atom is 0.417 e. The van der Waals surface area contributed by atoms with Crippen LogP contribution in [0.2, 0.25) is 5.02 Å². The standard InChI is InChI=1S/C13H14ClF3O2/c1-12(2,3)19-11(18)7-8-4-5-10(14)9(6-8)13(15,16)17/h4-6H,7H2,1-3H3. The Morgan fingerprint density at radius 2 is 1.84 bits per heavy atom. The van der Waals surface area contributed by atoms with E-state index in [1.807, 2.05) is 0 Å². The molecule has 0 aliphatic carbocycles. The molecule has 0 heterocycles. The Morgan fingerprint density at radius 1 is 1.26 bits per heavy atom. The van der Waals surface area contributed by atoms with E-state index < -0.39 is 23.3 Å². The summed E-state index contributed by atoms with van der Waals surface area (Å²) in [5, 5.41) is -0.388. The highest BCUT2D eigenvalue weighted by atomic mass is 35.5. The largest absolute Gasteiger partial charge is 0.460 e. The number of benzene rings is 1. The van der Waals surface area contributed by atoms with Gasteiger partial charge in [0.2, 0.25) is 0 Å². The smallest absolute Gasteiger partial charge is 0.417 e. The van der Waals surface area contributed by atoms with Crippen LogP contribution in [0.5, 0.6) is 0 Å². The lowest BCUT2D eigenvalue weighted by Crippen LogP contribution is -2.25. The SMILES string of the molecule is CC(C)(C)OC(=O)Cc1ccc(Cl)c(C(F)(F)F)c1. The van der Waals surface area contributed by atoms with E-state index in [0.29, 0.717) is 0 Å². The average molecular weight is 295 g/mol. The minimum absolute atomic E-state index is 0.214. The summed E-state index contributed by atoms with van der Waals surface area (Å²) in [6.07, 6.45) is -4.77. The molecule has 1 aromatic rings. The third-order valence-corrected chi connectivity index (χ3v) is 2.43. The molecule has 0 saturated carbocycles. The molecule has 0 fully saturated rings. The number of hydrogen-bond acceptors (Lipinski definition) is 2. The van der Waals surface area contributed by atoms with Gasteiger partial charge in [-0.3, -0.25) is 4.79 Å². The summed E-state index contributed by atoms with van der Waals surface area (Å²) in [5.74, 6) is -0.581. The summed E-state index contributed by atoms with van der Waals surface area (Å²) in [6, 6.07) is 3.37. The number of esters is 1. The molecular formula is C13H14ClF3O2. The Morgan fingerprint density at radius 3 is 2.32 bits per heavy atom. The van der Waals surface area contributed by atoms with Gasteiger partial charge in [0.25, 0.3) is 0 Å². The lowest BCUT2D eigenvalue weighted by molar-refractivity contribution is -0.154. The maximum absolute atomic E-state index is 12.6. The first-order valence-corrected chi connectivity index (χ1v) is 5.94. The molecular weight excluding hydrogens is 281 g/mol. The van der Waals surface area contributed by atoms with Gasteiger partial charge in [-0.1, -0.05) is 17.7 Å². The molecule has 2 nitrogen and oxygen atoms in total. The summed E-state index contributed by atoms with van der Waals surface area (Å²) in [5.41, 5.74) is -1.41. The van der Waals surface area contributed by atoms with Gasteiger partial charge in [-0.05, 0) is 38.5 Å². The number of halogens is 4. The fourth-order valence-corrected chi connectivity index (χ4v) is 1.67. The summed E-state index contributed by atoms with van der Waals surface area (Å²) in [7, 11) is 0. The molecule has 19 heavy (non-hydrogen) atoms. The zero-order valence-corrected chi connectivity index (χ0v) is 11.5. The molecule has 0 radical (unpaired) electrons. The molecule has 0 bridgehead atoms. The zero-order valence-electron chi connectivity index (χ0n) is 10.8. The Kier molecular flexibility index (Phi) is 4.50. The first-order chi connectivity index (χ1) is 8.49. The van der Waals surface area contributed by atoms with Gasteiger partial charge in [0.1, 0.15) is 5.60 Å². The molecule has 0 spiro atoms. The average Bonchev–Trinajstić information content (AvgIpc) is 2.16. The van der Waals surface area contributed by atoms with Gasteiger partial charge < -0.3 is 4.74 Å². The van der Waals surface area contributed by atoms with E-state index in [1.54, 1.807) is 20.8 Å². The van der Waals surface area contributed by atoms with Gasteiger partial charge in [-0.25, -0.2) is 0 Å². The monoisotopic (exact) mass is 294 g/mol. The van der Waals surface area contributed by atoms with Crippen molar-refractivity contribution in [3.8, 4) is 0 Å². The molecule has 106 valence electrons. The number of carbonyl (C=O) groups is 1. The summed E-state index contributed by atoms with van der Waals surface area (Å²) < 4.78 is 43.0. The van der Waals surface area contributed by atoms with Crippen molar-refractivity contribution in [3.63, 3.8) is 0 Å². The van der Waals surface area contributed by atoms with Crippen LogP contribution < -0.4 is 0 Å². The van der Waals surface area contributed by atoms with Gasteiger partial charge in [0.15, 0.2) is 0 Å². The minimum Gasteiger partial charge on any atom is -0.460 e. The molecule has 1 rings (SSSR count). The molecule has 0 amide bonds. The fraction of sp³-hybridized carbons (Fsp3) is 0.462. The van der Waals surface area contributed by atoms with Crippen LogP contribution in [0.25, 0.3) is 0 Å². The molecule has 1 aromatic carbocycles. The lowest BCUT2D eigenvalue weighted by atomic mass is 10.1. The van der Waals surface area contributed by atoms with Crippen molar-refractivity contribution in [2.75, 3.05) is 0 Å². The van der Waals surface area contributed by atoms with E-state index in [-0.39, 0.29) is 17.0 Å². The third kappa shape index (κ3) is 5.11. The first-order valence-electron chi connectivity index (χ1n) is 5.56. The Balaban J connectivity index is 2.89. The number of carbonyl (C=O) groups excluding carboxylic acids is 1. The van der Waals surface area contributed by atoms with Crippen LogP contribution in [0.15, 0.2) is 18.2 Å². The molecule has 0 aliphatic heterocycles. The Labute approximate surface area is 114 Å². The summed E-state index contributed by atoms with van der Waals surface area (Å²) in [4.78, 5) is 11.5. The third-order valence-electron chi connectivity index (χ3n) is 2.10. The molecule has 0 atom stereocenters. The highest BCUT2D eigenvalue weighted by molar-refractivity contribution is 6.31. The second kappa shape index (κ2) is 5.41. The van der Waals surface area contributed by atoms with Crippen molar-refractivity contribution in [1.29, 1.82) is 0 Å². The Hall–Kier alpha value is -1.23. The normalized spacial score (nSPS) is 12.4. The van der Waals surface area contributed by atoms with Crippen LogP contribution in [-0.2, 0) is 22.1 Å². The molecule has 0 unspecified atom stereocenters. The van der Waals surface area contributed by atoms with Crippen molar-refractivity contribution in [2.45, 2.75) is 39.0 Å². The first kappa shape index (κ1) is 15.8. The number of rotatable bonds is 2. The quantitative estimate of drug-likeness (QED) is 0.763. The highest BCUT2D eigenvalue weighted by Gasteiger charge is 2.33. The van der Waals surface area contributed by atoms with Crippen molar-refractivity contribution >= 4 is 17.6 Å². The second-order valence-corrected chi connectivity index (χ2v) is 5.48. The fourth-order valence-electron chi connectivity index (χ4n) is 1.44. The van der Waals surface area contributed by atoms with Gasteiger partial charge in [0.05, 0.1) is 17.0 Å². The summed E-state index contributed by atoms with van der Waals surface area (Å²) >= 11 is 5.49. The van der Waals surface area contributed by atoms with E-state index in [2.05, 4.69) is 0 Å². The topological polar surface area (TPSA) is 26.3 Å². The van der Waals surface area contributed by atoms with E-state index in [0.717, 1.165) is 12.1 Å². The van der Waals surface area contributed by atoms with Crippen molar-refractivity contribution in [3.05, 3.63) is 34.3 Å². The van der Waals surface area contributed by atoms with Crippen LogP contribution in [0.3, 0.4) is 0 Å². The predicted octanol–water partition coefficient (Wildman–Crippen LogP) is 4.24. The molecule has 0 saturated heterocycles. The van der Waals surface area contributed by atoms with Gasteiger partial charge in [0, 0.05) is 0 Å². The number of alkyl halides is 3. The molecule has 0 aliphatic rings. The van der Waals surface area contributed by atoms with E-state index in [1.165, 1.54) is 6.07 Å². The van der Waals surface area contributed by atoms with Crippen LogP contribution >= 0.6 is 11.6 Å². The highest BCUT2D eigenvalue weighted by Crippen LogP contribution is 2.35. The molecule has 6 heteroatoms. The lowest BCUT2D eigenvalue weighted by Gasteiger charge is -2.19. The second-order valence-electron chi connectivity index (χ2n) is 5.08. The van der Waals surface area contributed by atoms with Crippen LogP contribution in [0, 0.1) is 0 Å². The van der Waals surface area contributed by atoms with E-state index in [9.17, 15) is 18.0 Å². The van der Waals surface area contributed by atoms with E-state index in [4.69, 9.17) is 16.3 Å². The van der Waals surface area contributed by atoms with Crippen LogP contribution in [0.4, 0.5) is 13.2 Å². The van der Waals surface area contributed by atoms with Crippen molar-refractivity contribution < 1.29 is 22.7 Å². The van der Waals surface area contributed by atoms with Gasteiger partial charge in [-0.15, -0.1) is 0 Å². The van der Waals surface area contributed by atoms with Gasteiger partial charge in [-0.2, -0.15) is 13.2 Å². The summed E-state index contributed by atoms with van der Waals surface area (Å²) in [6.45, 7) is 5.07. The van der Waals surface area contributed by atoms with Crippen molar-refractivity contribution in [2.24, 2.45) is 0 Å². The minimum atomic E-state index is -4.54. The van der Waals surface area contributed by atoms with Crippen LogP contribution in [0.1, 0.15) is 31.9 Å². The van der Waals surface area contributed by atoms with Gasteiger partial charge >= 0.3 is 12.1 Å². The molecule has 0 aromatic heterocycles. The number of ether oxygens (including phenoxy) is 1. The number of hydrogen-bond donors (Lipinski definition) is 0. The Bertz CT molecular complexity index is 476.